The minimum Gasteiger partial charge on any atom is -0.330 e. The van der Waals surface area contributed by atoms with E-state index in [4.69, 9.17) is 5.21 Å². The number of carbonyl (C=O) groups is 3. The molecule has 1 heterocycles. The summed E-state index contributed by atoms with van der Waals surface area (Å²) in [6.07, 6.45) is 0.380. The van der Waals surface area contributed by atoms with Crippen LogP contribution in [-0.2, 0) is 19.8 Å². The number of anilines is 1. The minimum absolute atomic E-state index is 0.00548. The van der Waals surface area contributed by atoms with E-state index in [2.05, 4.69) is 26.1 Å². The number of likely N-dealkylation sites (tertiary alicyclic amines) is 1. The Morgan fingerprint density at radius 3 is 2.42 bits per heavy atom. The second-order valence-corrected chi connectivity index (χ2v) is 9.13. The third kappa shape index (κ3) is 6.26. The molecule has 0 radical (unpaired) electrons. The average Bonchev–Trinajstić information content (AvgIpc) is 3.23. The van der Waals surface area contributed by atoms with Crippen molar-refractivity contribution >= 4 is 23.4 Å². The molecule has 2 rings (SSSR count). The quantitative estimate of drug-likeness (QED) is 0.429. The normalized spacial score (nSPS) is 18.4. The van der Waals surface area contributed by atoms with Crippen molar-refractivity contribution in [1.29, 1.82) is 0 Å². The van der Waals surface area contributed by atoms with Gasteiger partial charge < -0.3 is 10.2 Å². The molecular weight excluding hydrogens is 401 g/mol. The van der Waals surface area contributed by atoms with Crippen LogP contribution in [0.15, 0.2) is 24.3 Å². The number of hydrogen-bond acceptors (Lipinski definition) is 4. The van der Waals surface area contributed by atoms with Gasteiger partial charge in [0.25, 0.3) is 5.91 Å². The smallest absolute Gasteiger partial charge is 0.278 e. The van der Waals surface area contributed by atoms with E-state index in [1.165, 1.54) is 10.4 Å². The van der Waals surface area contributed by atoms with Crippen molar-refractivity contribution in [1.82, 2.24) is 10.4 Å². The Hall–Kier alpha value is -2.48. The van der Waals surface area contributed by atoms with Crippen molar-refractivity contribution < 1.29 is 24.0 Å². The second kappa shape index (κ2) is 10.7. The summed E-state index contributed by atoms with van der Waals surface area (Å²) < 4.78 is 14.6. The fourth-order valence-electron chi connectivity index (χ4n) is 3.86. The van der Waals surface area contributed by atoms with Gasteiger partial charge >= 0.3 is 0 Å². The molecule has 0 aliphatic carbocycles. The lowest BCUT2D eigenvalue weighted by Crippen LogP contribution is -2.49. The molecule has 1 saturated heterocycles. The molecule has 0 spiro atoms. The molecule has 1 aromatic carbocycles. The Balaban J connectivity index is 2.13. The van der Waals surface area contributed by atoms with Crippen molar-refractivity contribution in [3.8, 4) is 0 Å². The topological polar surface area (TPSA) is 98.7 Å². The SMILES string of the molecule is CCCCC(C(=O)N1CCCC1C(=O)Nc1ccc(C(C)(C)C)cc1)C(F)C(=O)NO. The van der Waals surface area contributed by atoms with E-state index in [9.17, 15) is 18.8 Å². The van der Waals surface area contributed by atoms with E-state index in [-0.39, 0.29) is 17.7 Å². The van der Waals surface area contributed by atoms with Crippen LogP contribution in [0, 0.1) is 5.92 Å². The molecule has 31 heavy (non-hydrogen) atoms. The second-order valence-electron chi connectivity index (χ2n) is 9.13. The number of halogens is 1. The molecule has 1 aromatic rings. The van der Waals surface area contributed by atoms with Gasteiger partial charge in [0.15, 0.2) is 6.17 Å². The first-order valence-corrected chi connectivity index (χ1v) is 10.9. The highest BCUT2D eigenvalue weighted by Gasteiger charge is 2.41. The number of rotatable bonds is 8. The van der Waals surface area contributed by atoms with Crippen LogP contribution >= 0.6 is 0 Å². The molecule has 3 amide bonds. The maximum Gasteiger partial charge on any atom is 0.278 e. The monoisotopic (exact) mass is 435 g/mol. The van der Waals surface area contributed by atoms with Gasteiger partial charge in [0, 0.05) is 12.2 Å². The summed E-state index contributed by atoms with van der Waals surface area (Å²) in [4.78, 5) is 38.9. The summed E-state index contributed by atoms with van der Waals surface area (Å²) in [5, 5.41) is 11.6. The molecular formula is C23H34FN3O4. The molecule has 172 valence electrons. The minimum atomic E-state index is -2.17. The number of hydroxylamine groups is 1. The zero-order valence-corrected chi connectivity index (χ0v) is 18.8. The summed E-state index contributed by atoms with van der Waals surface area (Å²) in [5.74, 6) is -3.36. The number of hydrogen-bond donors (Lipinski definition) is 3. The van der Waals surface area contributed by atoms with Crippen LogP contribution in [-0.4, -0.2) is 46.6 Å². The first-order valence-electron chi connectivity index (χ1n) is 10.9. The summed E-state index contributed by atoms with van der Waals surface area (Å²) in [7, 11) is 0. The largest absolute Gasteiger partial charge is 0.330 e. The maximum absolute atomic E-state index is 14.6. The van der Waals surface area contributed by atoms with E-state index < -0.39 is 29.9 Å². The standard InChI is InChI=1S/C23H34FN3O4/c1-5-6-8-17(19(24)21(29)26-31)22(30)27-14-7-9-18(27)20(28)25-16-12-10-15(11-13-16)23(2,3)4/h10-13,17-19,31H,5-9,14H2,1-4H3,(H,25,28)(H,26,29). The molecule has 3 unspecified atom stereocenters. The predicted molar refractivity (Wildman–Crippen MR) is 116 cm³/mol. The third-order valence-electron chi connectivity index (χ3n) is 5.76. The van der Waals surface area contributed by atoms with E-state index in [1.807, 2.05) is 31.2 Å². The van der Waals surface area contributed by atoms with Crippen LogP contribution in [0.4, 0.5) is 10.1 Å². The Morgan fingerprint density at radius 2 is 1.87 bits per heavy atom. The number of alkyl halides is 1. The molecule has 0 saturated carbocycles. The fraction of sp³-hybridized carbons (Fsp3) is 0.609. The highest BCUT2D eigenvalue weighted by atomic mass is 19.1. The van der Waals surface area contributed by atoms with E-state index in [0.717, 1.165) is 12.0 Å². The molecule has 8 heteroatoms. The highest BCUT2D eigenvalue weighted by molar-refractivity contribution is 5.98. The number of amides is 3. The van der Waals surface area contributed by atoms with Crippen molar-refractivity contribution in [3.63, 3.8) is 0 Å². The number of nitrogens with zero attached hydrogens (tertiary/aromatic N) is 1. The molecule has 1 aliphatic rings. The lowest BCUT2D eigenvalue weighted by molar-refractivity contribution is -0.148. The summed E-state index contributed by atoms with van der Waals surface area (Å²) in [6.45, 7) is 8.54. The van der Waals surface area contributed by atoms with Gasteiger partial charge in [0.2, 0.25) is 11.8 Å². The summed E-state index contributed by atoms with van der Waals surface area (Å²) in [6, 6.07) is 6.84. The Labute approximate surface area is 183 Å². The molecule has 0 aromatic heterocycles. The maximum atomic E-state index is 14.6. The van der Waals surface area contributed by atoms with Crippen molar-refractivity contribution in [3.05, 3.63) is 29.8 Å². The van der Waals surface area contributed by atoms with Gasteiger partial charge in [-0.3, -0.25) is 19.6 Å². The molecule has 1 fully saturated rings. The van der Waals surface area contributed by atoms with Crippen molar-refractivity contribution in [2.45, 2.75) is 77.4 Å². The lowest BCUT2D eigenvalue weighted by atomic mass is 9.87. The van der Waals surface area contributed by atoms with Gasteiger partial charge in [0.1, 0.15) is 6.04 Å². The highest BCUT2D eigenvalue weighted by Crippen LogP contribution is 2.27. The summed E-state index contributed by atoms with van der Waals surface area (Å²) in [5.41, 5.74) is 3.04. The van der Waals surface area contributed by atoms with Crippen molar-refractivity contribution in [2.75, 3.05) is 11.9 Å². The zero-order valence-electron chi connectivity index (χ0n) is 18.8. The van der Waals surface area contributed by atoms with Crippen LogP contribution in [0.25, 0.3) is 0 Å². The van der Waals surface area contributed by atoms with Crippen LogP contribution in [0.2, 0.25) is 0 Å². The van der Waals surface area contributed by atoms with Gasteiger partial charge in [-0.25, -0.2) is 9.87 Å². The average molecular weight is 436 g/mol. The van der Waals surface area contributed by atoms with E-state index in [1.54, 1.807) is 0 Å². The van der Waals surface area contributed by atoms with E-state index >= 15 is 0 Å². The van der Waals surface area contributed by atoms with Crippen LogP contribution in [0.1, 0.15) is 65.4 Å². The molecule has 0 bridgehead atoms. The van der Waals surface area contributed by atoms with Crippen molar-refractivity contribution in [2.24, 2.45) is 5.92 Å². The molecule has 7 nitrogen and oxygen atoms in total. The van der Waals surface area contributed by atoms with Crippen LogP contribution in [0.5, 0.6) is 0 Å². The summed E-state index contributed by atoms with van der Waals surface area (Å²) >= 11 is 0. The Morgan fingerprint density at radius 1 is 1.23 bits per heavy atom. The number of nitrogens with one attached hydrogen (secondary N) is 2. The van der Waals surface area contributed by atoms with Gasteiger partial charge in [-0.1, -0.05) is 52.7 Å². The van der Waals surface area contributed by atoms with E-state index in [0.29, 0.717) is 31.5 Å². The lowest BCUT2D eigenvalue weighted by Gasteiger charge is -2.29. The number of carbonyl (C=O) groups excluding carboxylic acids is 3. The van der Waals surface area contributed by atoms with Crippen LogP contribution in [0.3, 0.4) is 0 Å². The third-order valence-corrected chi connectivity index (χ3v) is 5.76. The van der Waals surface area contributed by atoms with Gasteiger partial charge in [-0.15, -0.1) is 0 Å². The van der Waals surface area contributed by atoms with Gasteiger partial charge in [-0.2, -0.15) is 0 Å². The number of benzene rings is 1. The van der Waals surface area contributed by atoms with Gasteiger partial charge in [-0.05, 0) is 42.4 Å². The first-order chi connectivity index (χ1) is 14.6. The molecule has 1 aliphatic heterocycles. The molecule has 3 N–H and O–H groups in total. The Kier molecular flexibility index (Phi) is 8.56. The fourth-order valence-corrected chi connectivity index (χ4v) is 3.86. The first kappa shape index (κ1) is 24.8. The van der Waals surface area contributed by atoms with Gasteiger partial charge in [0.05, 0.1) is 5.92 Å². The molecule has 3 atom stereocenters. The number of unbranched alkanes of at least 4 members (excludes halogenated alkanes) is 1. The van der Waals surface area contributed by atoms with Crippen LogP contribution < -0.4 is 10.8 Å². The Bertz CT molecular complexity index is 776. The zero-order chi connectivity index (χ0) is 23.2. The predicted octanol–water partition coefficient (Wildman–Crippen LogP) is 3.56.